The number of carbonyl (C=O) groups is 1. The van der Waals surface area contributed by atoms with Gasteiger partial charge < -0.3 is 4.74 Å². The molecule has 0 aliphatic carbocycles. The van der Waals surface area contributed by atoms with Crippen LogP contribution in [0.2, 0.25) is 0 Å². The molecular weight excluding hydrogens is 198 g/mol. The number of esters is 1. The van der Waals surface area contributed by atoms with Crippen molar-refractivity contribution in [3.63, 3.8) is 0 Å². The first-order valence-electron chi connectivity index (χ1n) is 3.99. The first-order valence-corrected chi connectivity index (χ1v) is 4.39. The Kier molecular flexibility index (Phi) is 3.98. The Morgan fingerprint density at radius 3 is 3.07 bits per heavy atom. The largest absolute Gasteiger partial charge is 0.465 e. The van der Waals surface area contributed by atoms with Crippen molar-refractivity contribution in [2.24, 2.45) is 4.99 Å². The number of isothiocyanates is 1. The van der Waals surface area contributed by atoms with E-state index in [0.29, 0.717) is 12.1 Å². The Balaban J connectivity index is 2.88. The molecule has 0 bridgehead atoms. The molecule has 0 radical (unpaired) electrons. The molecule has 0 fully saturated rings. The van der Waals surface area contributed by atoms with Crippen molar-refractivity contribution in [2.45, 2.75) is 6.54 Å². The van der Waals surface area contributed by atoms with E-state index in [-0.39, 0.29) is 5.97 Å². The van der Waals surface area contributed by atoms with Crippen LogP contribution in [0.1, 0.15) is 15.9 Å². The van der Waals surface area contributed by atoms with Crippen LogP contribution in [0.3, 0.4) is 0 Å². The van der Waals surface area contributed by atoms with E-state index in [2.05, 4.69) is 27.1 Å². The molecule has 14 heavy (non-hydrogen) atoms. The van der Waals surface area contributed by atoms with Gasteiger partial charge in [-0.15, -0.1) is 0 Å². The zero-order valence-corrected chi connectivity index (χ0v) is 8.50. The highest BCUT2D eigenvalue weighted by molar-refractivity contribution is 7.78. The van der Waals surface area contributed by atoms with Crippen molar-refractivity contribution in [3.8, 4) is 0 Å². The van der Waals surface area contributed by atoms with E-state index in [4.69, 9.17) is 0 Å². The van der Waals surface area contributed by atoms with Gasteiger partial charge in [-0.05, 0) is 29.9 Å². The molecule has 0 N–H and O–H groups in total. The van der Waals surface area contributed by atoms with E-state index in [0.717, 1.165) is 5.56 Å². The Morgan fingerprint density at radius 2 is 2.43 bits per heavy atom. The minimum Gasteiger partial charge on any atom is -0.465 e. The number of aliphatic imine (C=N–C) groups is 1. The number of methoxy groups -OCH3 is 1. The number of hydrogen-bond acceptors (Lipinski definition) is 4. The lowest BCUT2D eigenvalue weighted by Gasteiger charge is -2.00. The highest BCUT2D eigenvalue weighted by atomic mass is 32.1. The second-order valence-electron chi connectivity index (χ2n) is 2.60. The molecule has 0 saturated heterocycles. The van der Waals surface area contributed by atoms with E-state index in [1.807, 2.05) is 6.07 Å². The Labute approximate surface area is 87.4 Å². The van der Waals surface area contributed by atoms with E-state index in [9.17, 15) is 4.79 Å². The molecule has 4 heteroatoms. The second kappa shape index (κ2) is 5.27. The maximum atomic E-state index is 11.2. The van der Waals surface area contributed by atoms with Crippen LogP contribution in [0, 0.1) is 0 Å². The van der Waals surface area contributed by atoms with Crippen molar-refractivity contribution in [2.75, 3.05) is 7.11 Å². The van der Waals surface area contributed by atoms with Gasteiger partial charge in [0.05, 0.1) is 24.4 Å². The fourth-order valence-electron chi connectivity index (χ4n) is 1.04. The number of carbonyl (C=O) groups excluding carboxylic acids is 1. The molecule has 0 saturated carbocycles. The first kappa shape index (κ1) is 10.6. The van der Waals surface area contributed by atoms with Crippen molar-refractivity contribution in [1.29, 1.82) is 0 Å². The number of rotatable bonds is 3. The van der Waals surface area contributed by atoms with E-state index in [1.54, 1.807) is 18.2 Å². The van der Waals surface area contributed by atoms with E-state index >= 15 is 0 Å². The quantitative estimate of drug-likeness (QED) is 0.432. The van der Waals surface area contributed by atoms with Gasteiger partial charge >= 0.3 is 5.97 Å². The molecule has 0 amide bonds. The molecule has 0 unspecified atom stereocenters. The highest BCUT2D eigenvalue weighted by Gasteiger charge is 2.04. The molecule has 0 heterocycles. The summed E-state index contributed by atoms with van der Waals surface area (Å²) in [5, 5.41) is 2.27. The van der Waals surface area contributed by atoms with Crippen LogP contribution in [0.25, 0.3) is 0 Å². The summed E-state index contributed by atoms with van der Waals surface area (Å²) in [6.07, 6.45) is 0. The summed E-state index contributed by atoms with van der Waals surface area (Å²) < 4.78 is 4.59. The smallest absolute Gasteiger partial charge is 0.337 e. The van der Waals surface area contributed by atoms with Gasteiger partial charge in [-0.1, -0.05) is 12.1 Å². The van der Waals surface area contributed by atoms with Gasteiger partial charge in [-0.3, -0.25) is 0 Å². The maximum Gasteiger partial charge on any atom is 0.337 e. The summed E-state index contributed by atoms with van der Waals surface area (Å²) >= 11 is 4.45. The monoisotopic (exact) mass is 207 g/mol. The lowest BCUT2D eigenvalue weighted by atomic mass is 10.1. The summed E-state index contributed by atoms with van der Waals surface area (Å²) in [5.41, 5.74) is 1.43. The van der Waals surface area contributed by atoms with Gasteiger partial charge in [0.1, 0.15) is 0 Å². The molecule has 0 spiro atoms. The Morgan fingerprint density at radius 1 is 1.64 bits per heavy atom. The van der Waals surface area contributed by atoms with Gasteiger partial charge in [-0.25, -0.2) is 9.79 Å². The van der Waals surface area contributed by atoms with Crippen LogP contribution in [-0.2, 0) is 11.3 Å². The van der Waals surface area contributed by atoms with Crippen molar-refractivity contribution in [3.05, 3.63) is 35.4 Å². The van der Waals surface area contributed by atoms with Crippen LogP contribution < -0.4 is 0 Å². The van der Waals surface area contributed by atoms with Crippen LogP contribution in [-0.4, -0.2) is 18.2 Å². The van der Waals surface area contributed by atoms with E-state index in [1.165, 1.54) is 7.11 Å². The summed E-state index contributed by atoms with van der Waals surface area (Å²) in [7, 11) is 1.35. The molecule has 0 aromatic heterocycles. The molecule has 1 rings (SSSR count). The minimum absolute atomic E-state index is 0.349. The zero-order valence-electron chi connectivity index (χ0n) is 7.69. The molecule has 0 aliphatic heterocycles. The summed E-state index contributed by atoms with van der Waals surface area (Å²) in [4.78, 5) is 14.9. The predicted octanol–water partition coefficient (Wildman–Crippen LogP) is 2.08. The molecule has 0 aliphatic rings. The lowest BCUT2D eigenvalue weighted by molar-refractivity contribution is 0.0600. The number of thiocarbonyl (C=S) groups is 1. The molecule has 1 aromatic carbocycles. The average molecular weight is 207 g/mol. The van der Waals surface area contributed by atoms with Gasteiger partial charge in [0, 0.05) is 0 Å². The predicted molar refractivity (Wildman–Crippen MR) is 56.5 cm³/mol. The van der Waals surface area contributed by atoms with Crippen molar-refractivity contribution in [1.82, 2.24) is 0 Å². The Hall–Kier alpha value is -1.51. The molecule has 72 valence electrons. The molecule has 3 nitrogen and oxygen atoms in total. The topological polar surface area (TPSA) is 38.7 Å². The summed E-state index contributed by atoms with van der Waals surface area (Å²) in [6, 6.07) is 7.06. The minimum atomic E-state index is -0.349. The van der Waals surface area contributed by atoms with Gasteiger partial charge in [0.15, 0.2) is 0 Å². The lowest BCUT2D eigenvalue weighted by Crippen LogP contribution is -2.01. The third kappa shape index (κ3) is 2.76. The van der Waals surface area contributed by atoms with Crippen molar-refractivity contribution < 1.29 is 9.53 Å². The van der Waals surface area contributed by atoms with E-state index < -0.39 is 0 Å². The van der Waals surface area contributed by atoms with Gasteiger partial charge in [0.2, 0.25) is 0 Å². The zero-order chi connectivity index (χ0) is 10.4. The number of nitrogens with zero attached hydrogens (tertiary/aromatic N) is 1. The van der Waals surface area contributed by atoms with Gasteiger partial charge in [-0.2, -0.15) is 0 Å². The SMILES string of the molecule is COC(=O)c1cccc(CN=C=S)c1. The van der Waals surface area contributed by atoms with Gasteiger partial charge in [0.25, 0.3) is 0 Å². The van der Waals surface area contributed by atoms with Crippen molar-refractivity contribution >= 4 is 23.3 Å². The van der Waals surface area contributed by atoms with Crippen LogP contribution >= 0.6 is 12.2 Å². The maximum absolute atomic E-state index is 11.2. The normalized spacial score (nSPS) is 8.93. The summed E-state index contributed by atoms with van der Waals surface area (Å²) in [6.45, 7) is 0.439. The standard InChI is InChI=1S/C10H9NO2S/c1-13-10(12)9-4-2-3-8(5-9)6-11-7-14/h2-5H,6H2,1H3. The average Bonchev–Trinajstić information content (AvgIpc) is 2.25. The number of benzene rings is 1. The second-order valence-corrected chi connectivity index (χ2v) is 2.78. The third-order valence-electron chi connectivity index (χ3n) is 1.67. The fraction of sp³-hybridized carbons (Fsp3) is 0.200. The summed E-state index contributed by atoms with van der Waals surface area (Å²) in [5.74, 6) is -0.349. The van der Waals surface area contributed by atoms with Crippen LogP contribution in [0.15, 0.2) is 29.3 Å². The number of ether oxygens (including phenoxy) is 1. The van der Waals surface area contributed by atoms with Crippen LogP contribution in [0.5, 0.6) is 0 Å². The van der Waals surface area contributed by atoms with Crippen LogP contribution in [0.4, 0.5) is 0 Å². The first-order chi connectivity index (χ1) is 6.77. The highest BCUT2D eigenvalue weighted by Crippen LogP contribution is 2.07. The molecule has 1 aromatic rings. The Bertz CT molecular complexity index is 383. The third-order valence-corrected chi connectivity index (χ3v) is 1.80. The molecular formula is C10H9NO2S. The fourth-order valence-corrected chi connectivity index (χ4v) is 1.10. The number of hydrogen-bond donors (Lipinski definition) is 0. The molecule has 0 atom stereocenters.